The second-order valence-corrected chi connectivity index (χ2v) is 8.88. The number of anilines is 1. The molecule has 0 radical (unpaired) electrons. The van der Waals surface area contributed by atoms with E-state index in [1.54, 1.807) is 0 Å². The van der Waals surface area contributed by atoms with Crippen molar-refractivity contribution in [2.45, 2.75) is 25.6 Å². The number of aryl methyl sites for hydroxylation is 1. The lowest BCUT2D eigenvalue weighted by Crippen LogP contribution is -2.21. The lowest BCUT2D eigenvalue weighted by molar-refractivity contribution is -0.141. The summed E-state index contributed by atoms with van der Waals surface area (Å²) < 4.78 is 77.8. The summed E-state index contributed by atoms with van der Waals surface area (Å²) in [6, 6.07) is 4.29. The first-order valence-corrected chi connectivity index (χ1v) is 11.6. The zero-order valence-corrected chi connectivity index (χ0v) is 18.7. The van der Waals surface area contributed by atoms with Crippen LogP contribution < -0.4 is 10.0 Å². The molecule has 0 bridgehead atoms. The number of aliphatic hydroxyl groups is 1. The number of benzene rings is 1. The van der Waals surface area contributed by atoms with Crippen molar-refractivity contribution in [1.29, 1.82) is 0 Å². The second kappa shape index (κ2) is 11.1. The fourth-order valence-electron chi connectivity index (χ4n) is 2.85. The average Bonchev–Trinajstić information content (AvgIpc) is 2.75. The molecule has 182 valence electrons. The highest BCUT2D eigenvalue weighted by molar-refractivity contribution is 7.92. The van der Waals surface area contributed by atoms with E-state index in [4.69, 9.17) is 11.5 Å². The molecule has 0 spiro atoms. The highest BCUT2D eigenvalue weighted by Crippen LogP contribution is 2.29. The molecule has 7 nitrogen and oxygen atoms in total. The largest absolute Gasteiger partial charge is 0.433 e. The summed E-state index contributed by atoms with van der Waals surface area (Å²) >= 11 is 0. The van der Waals surface area contributed by atoms with Crippen LogP contribution in [0.1, 0.15) is 34.5 Å². The van der Waals surface area contributed by atoms with E-state index in [9.17, 15) is 30.8 Å². The lowest BCUT2D eigenvalue weighted by Gasteiger charge is -2.11. The van der Waals surface area contributed by atoms with Gasteiger partial charge in [0.1, 0.15) is 11.5 Å². The molecule has 0 saturated carbocycles. The average molecular weight is 499 g/mol. The summed E-state index contributed by atoms with van der Waals surface area (Å²) in [5, 5.41) is 11.4. The maximum Gasteiger partial charge on any atom is 0.433 e. The second-order valence-electron chi connectivity index (χ2n) is 7.13. The molecular formula is C22H21F4N3O4S. The normalized spacial score (nSPS) is 11.9. The molecule has 0 fully saturated rings. The van der Waals surface area contributed by atoms with Gasteiger partial charge in [-0.1, -0.05) is 12.0 Å². The minimum absolute atomic E-state index is 0.0606. The van der Waals surface area contributed by atoms with Crippen LogP contribution in [0, 0.1) is 18.2 Å². The minimum Gasteiger partial charge on any atom is -0.396 e. The van der Waals surface area contributed by atoms with Gasteiger partial charge < -0.3 is 10.4 Å². The van der Waals surface area contributed by atoms with Crippen molar-refractivity contribution in [3.05, 3.63) is 64.2 Å². The van der Waals surface area contributed by atoms with E-state index in [0.29, 0.717) is 0 Å². The molecule has 2 rings (SSSR count). The molecule has 2 aromatic rings. The van der Waals surface area contributed by atoms with Crippen LogP contribution in [0.5, 0.6) is 0 Å². The smallest absolute Gasteiger partial charge is 0.396 e. The number of pyridine rings is 1. The summed E-state index contributed by atoms with van der Waals surface area (Å²) in [4.78, 5) is 15.8. The Balaban J connectivity index is 2.15. The fraction of sp³-hybridized carbons (Fsp3) is 0.273. The fourth-order valence-corrected chi connectivity index (χ4v) is 3.43. The van der Waals surface area contributed by atoms with Crippen molar-refractivity contribution in [3.8, 4) is 12.3 Å². The summed E-state index contributed by atoms with van der Waals surface area (Å²) in [5.74, 6) is 0.617. The number of amides is 1. The molecule has 0 unspecified atom stereocenters. The van der Waals surface area contributed by atoms with Gasteiger partial charge in [0.25, 0.3) is 0 Å². The van der Waals surface area contributed by atoms with Gasteiger partial charge in [-0.2, -0.15) is 13.2 Å². The Hall–Kier alpha value is -3.43. The van der Waals surface area contributed by atoms with Gasteiger partial charge in [-0.15, -0.1) is 6.42 Å². The van der Waals surface area contributed by atoms with Crippen molar-refractivity contribution in [2.75, 3.05) is 17.6 Å². The van der Waals surface area contributed by atoms with Crippen molar-refractivity contribution in [3.63, 3.8) is 0 Å². The van der Waals surface area contributed by atoms with Gasteiger partial charge >= 0.3 is 6.18 Å². The number of alkyl halides is 3. The first kappa shape index (κ1) is 26.8. The van der Waals surface area contributed by atoms with Crippen LogP contribution in [-0.4, -0.2) is 37.3 Å². The van der Waals surface area contributed by atoms with Crippen LogP contribution in [0.25, 0.3) is 6.08 Å². The molecule has 0 saturated heterocycles. The number of terminal acetylenes is 1. The van der Waals surface area contributed by atoms with E-state index >= 15 is 0 Å². The lowest BCUT2D eigenvalue weighted by atomic mass is 10.1. The number of hydrogen-bond acceptors (Lipinski definition) is 5. The maximum absolute atomic E-state index is 14.3. The third-order valence-electron chi connectivity index (χ3n) is 4.35. The number of sulfonamides is 1. The van der Waals surface area contributed by atoms with E-state index in [0.717, 1.165) is 24.5 Å². The molecule has 0 aliphatic heterocycles. The predicted molar refractivity (Wildman–Crippen MR) is 118 cm³/mol. The third kappa shape index (κ3) is 7.86. The zero-order chi connectivity index (χ0) is 25.5. The number of aromatic nitrogens is 1. The number of nitrogens with one attached hydrogen (secondary N) is 2. The summed E-state index contributed by atoms with van der Waals surface area (Å²) in [6.07, 6.45) is 4.14. The Kier molecular flexibility index (Phi) is 8.78. The number of carbonyl (C=O) groups excluding carboxylic acids is 1. The van der Waals surface area contributed by atoms with E-state index in [1.165, 1.54) is 18.2 Å². The molecule has 1 heterocycles. The zero-order valence-electron chi connectivity index (χ0n) is 17.9. The molecular weight excluding hydrogens is 478 g/mol. The summed E-state index contributed by atoms with van der Waals surface area (Å²) in [7, 11) is -3.77. The molecule has 0 atom stereocenters. The molecule has 1 aromatic heterocycles. The molecule has 0 aliphatic carbocycles. The Morgan fingerprint density at radius 1 is 1.29 bits per heavy atom. The highest BCUT2D eigenvalue weighted by atomic mass is 32.2. The maximum atomic E-state index is 14.3. The Bertz CT molecular complexity index is 1240. The van der Waals surface area contributed by atoms with Crippen molar-refractivity contribution in [1.82, 2.24) is 10.3 Å². The van der Waals surface area contributed by atoms with Gasteiger partial charge in [0, 0.05) is 24.9 Å². The van der Waals surface area contributed by atoms with Crippen LogP contribution in [0.15, 0.2) is 30.3 Å². The Morgan fingerprint density at radius 2 is 2.00 bits per heavy atom. The number of carbonyl (C=O) groups is 1. The first-order valence-electron chi connectivity index (χ1n) is 9.74. The van der Waals surface area contributed by atoms with Gasteiger partial charge in [-0.3, -0.25) is 9.52 Å². The Morgan fingerprint density at radius 3 is 2.59 bits per heavy atom. The topological polar surface area (TPSA) is 108 Å². The Labute approximate surface area is 194 Å². The monoisotopic (exact) mass is 499 g/mol. The SMILES string of the molecule is C#Cc1cc(CNC(=O)/C=C/c2ccc(C(F)(F)F)nc2CCCO)cc(F)c1NS(C)(=O)=O. The van der Waals surface area contributed by atoms with Crippen molar-refractivity contribution < 1.29 is 35.9 Å². The van der Waals surface area contributed by atoms with E-state index < -0.39 is 33.6 Å². The van der Waals surface area contributed by atoms with Gasteiger partial charge in [-0.05, 0) is 48.2 Å². The van der Waals surface area contributed by atoms with Gasteiger partial charge in [0.2, 0.25) is 15.9 Å². The standard InChI is InChI=1S/C22H21F4N3O4S/c1-3-15-11-14(12-17(23)21(15)29-34(2,32)33)13-27-20(31)9-7-16-6-8-19(22(24,25)26)28-18(16)5-4-10-30/h1,6-9,11-12,29-30H,4-5,10,13H2,2H3,(H,27,31)/b9-7+. The molecule has 12 heteroatoms. The molecule has 34 heavy (non-hydrogen) atoms. The van der Waals surface area contributed by atoms with Gasteiger partial charge in [0.15, 0.2) is 0 Å². The number of aliphatic hydroxyl groups excluding tert-OH is 1. The summed E-state index contributed by atoms with van der Waals surface area (Å²) in [6.45, 7) is -0.396. The first-order chi connectivity index (χ1) is 15.8. The van der Waals surface area contributed by atoms with Crippen LogP contribution in [-0.2, 0) is 34.0 Å². The van der Waals surface area contributed by atoms with Gasteiger partial charge in [0.05, 0.1) is 17.5 Å². The minimum atomic E-state index is -4.63. The quantitative estimate of drug-likeness (QED) is 0.279. The van der Waals surface area contributed by atoms with Crippen LogP contribution in [0.4, 0.5) is 23.2 Å². The number of halogens is 4. The van der Waals surface area contributed by atoms with Crippen LogP contribution in [0.2, 0.25) is 0 Å². The predicted octanol–water partition coefficient (Wildman–Crippen LogP) is 2.85. The summed E-state index contributed by atoms with van der Waals surface area (Å²) in [5.41, 5.74) is -0.927. The molecule has 3 N–H and O–H groups in total. The van der Waals surface area contributed by atoms with E-state index in [-0.39, 0.29) is 54.1 Å². The highest BCUT2D eigenvalue weighted by Gasteiger charge is 2.32. The number of rotatable bonds is 9. The molecule has 1 aromatic carbocycles. The van der Waals surface area contributed by atoms with Crippen LogP contribution in [0.3, 0.4) is 0 Å². The number of hydrogen-bond donors (Lipinski definition) is 3. The van der Waals surface area contributed by atoms with Crippen LogP contribution >= 0.6 is 0 Å². The van der Waals surface area contributed by atoms with E-state index in [2.05, 4.69) is 16.2 Å². The third-order valence-corrected chi connectivity index (χ3v) is 4.92. The van der Waals surface area contributed by atoms with Crippen molar-refractivity contribution >= 4 is 27.7 Å². The molecule has 0 aliphatic rings. The number of nitrogens with zero attached hydrogens (tertiary/aromatic N) is 1. The van der Waals surface area contributed by atoms with E-state index in [1.807, 2.05) is 4.72 Å². The van der Waals surface area contributed by atoms with Gasteiger partial charge in [-0.25, -0.2) is 17.8 Å². The van der Waals surface area contributed by atoms with Crippen molar-refractivity contribution in [2.24, 2.45) is 0 Å². The molecule has 1 amide bonds.